The number of nitrogens with zero attached hydrogens (tertiary/aromatic N) is 1. The van der Waals surface area contributed by atoms with E-state index in [2.05, 4.69) is 5.32 Å². The minimum absolute atomic E-state index is 0.0178. The standard InChI is InChI=1S/C28H17Cl4F3N2O3/c29-19-4-3-15(37-27(40)25-24(28(25,31)32)13-1-6-22(34)20(30)9-13)11-17(19)23(39)10-14-2-5-21(33)18(26(14)35)12-16(38)7-8-36/h1-6,9,11,24-25H,7,10,12H2,(H,37,40)/t24-,25+/m0/s1. The van der Waals surface area contributed by atoms with Gasteiger partial charge < -0.3 is 5.32 Å². The Bertz CT molecular complexity index is 1590. The summed E-state index contributed by atoms with van der Waals surface area (Å²) in [7, 11) is 0. The van der Waals surface area contributed by atoms with Crippen LogP contribution in [0.2, 0.25) is 10.0 Å². The molecule has 4 rings (SSSR count). The molecule has 0 saturated heterocycles. The number of anilines is 1. The van der Waals surface area contributed by atoms with Crippen LogP contribution in [0.15, 0.2) is 48.5 Å². The summed E-state index contributed by atoms with van der Waals surface area (Å²) in [4.78, 5) is 37.8. The molecule has 1 aliphatic carbocycles. The van der Waals surface area contributed by atoms with Gasteiger partial charge in [-0.25, -0.2) is 13.2 Å². The number of rotatable bonds is 9. The molecule has 0 spiro atoms. The SMILES string of the molecule is N#CCC(=O)Cc1c(F)ccc(CC(=O)c2cc(NC(=O)[C@H]3[C@H](c4ccc(F)c(Cl)c4)C3(Cl)Cl)ccc2Cl)c1F. The Morgan fingerprint density at radius 3 is 2.30 bits per heavy atom. The summed E-state index contributed by atoms with van der Waals surface area (Å²) in [6.07, 6.45) is -1.67. The predicted molar refractivity (Wildman–Crippen MR) is 145 cm³/mol. The largest absolute Gasteiger partial charge is 0.326 e. The van der Waals surface area contributed by atoms with Crippen molar-refractivity contribution in [1.82, 2.24) is 0 Å². The summed E-state index contributed by atoms with van der Waals surface area (Å²) >= 11 is 24.7. The van der Waals surface area contributed by atoms with Crippen molar-refractivity contribution in [3.05, 3.63) is 98.3 Å². The van der Waals surface area contributed by atoms with Gasteiger partial charge in [0.1, 0.15) is 21.8 Å². The monoisotopic (exact) mass is 626 g/mol. The van der Waals surface area contributed by atoms with Crippen LogP contribution in [0, 0.1) is 34.7 Å². The van der Waals surface area contributed by atoms with Gasteiger partial charge in [-0.3, -0.25) is 14.4 Å². The van der Waals surface area contributed by atoms with Crippen molar-refractivity contribution in [3.8, 4) is 6.07 Å². The Balaban J connectivity index is 1.51. The number of benzene rings is 3. The van der Waals surface area contributed by atoms with Gasteiger partial charge in [0.15, 0.2) is 11.6 Å². The van der Waals surface area contributed by atoms with Crippen molar-refractivity contribution in [2.45, 2.75) is 29.5 Å². The minimum atomic E-state index is -1.48. The molecule has 12 heteroatoms. The fourth-order valence-electron chi connectivity index (χ4n) is 4.37. The van der Waals surface area contributed by atoms with E-state index in [1.807, 2.05) is 0 Å². The lowest BCUT2D eigenvalue weighted by Crippen LogP contribution is -2.17. The van der Waals surface area contributed by atoms with E-state index in [-0.39, 0.29) is 26.9 Å². The molecule has 0 bridgehead atoms. The normalized spacial score (nSPS) is 17.1. The molecule has 0 aliphatic heterocycles. The third-order valence-corrected chi connectivity index (χ3v) is 8.00. The molecule has 0 unspecified atom stereocenters. The number of hydrogen-bond acceptors (Lipinski definition) is 4. The molecule has 3 aromatic rings. The second-order valence-corrected chi connectivity index (χ2v) is 11.4. The van der Waals surface area contributed by atoms with E-state index in [0.717, 1.165) is 18.2 Å². The number of hydrogen-bond donors (Lipinski definition) is 1. The average molecular weight is 628 g/mol. The average Bonchev–Trinajstić information content (AvgIpc) is 3.48. The molecule has 206 valence electrons. The third-order valence-electron chi connectivity index (χ3n) is 6.44. The Kier molecular flexibility index (Phi) is 8.81. The number of ketones is 2. The van der Waals surface area contributed by atoms with Crippen molar-refractivity contribution in [2.75, 3.05) is 5.32 Å². The van der Waals surface area contributed by atoms with Crippen LogP contribution >= 0.6 is 46.4 Å². The summed E-state index contributed by atoms with van der Waals surface area (Å²) in [5.74, 6) is -6.15. The molecule has 1 amide bonds. The van der Waals surface area contributed by atoms with Crippen molar-refractivity contribution < 1.29 is 27.6 Å². The maximum Gasteiger partial charge on any atom is 0.231 e. The van der Waals surface area contributed by atoms with Gasteiger partial charge in [-0.15, -0.1) is 23.2 Å². The first-order valence-corrected chi connectivity index (χ1v) is 13.2. The highest BCUT2D eigenvalue weighted by Gasteiger charge is 2.67. The number of nitriles is 1. The van der Waals surface area contributed by atoms with Crippen LogP contribution in [0.25, 0.3) is 0 Å². The van der Waals surface area contributed by atoms with Gasteiger partial charge in [-0.05, 0) is 47.5 Å². The van der Waals surface area contributed by atoms with Crippen molar-refractivity contribution in [2.24, 2.45) is 5.92 Å². The van der Waals surface area contributed by atoms with E-state index in [4.69, 9.17) is 51.7 Å². The summed E-state index contributed by atoms with van der Waals surface area (Å²) in [5.41, 5.74) is -0.120. The number of carbonyl (C=O) groups excluding carboxylic acids is 3. The van der Waals surface area contributed by atoms with Crippen LogP contribution in [0.5, 0.6) is 0 Å². The van der Waals surface area contributed by atoms with Crippen LogP contribution in [0.1, 0.15) is 39.4 Å². The lowest BCUT2D eigenvalue weighted by molar-refractivity contribution is -0.118. The molecule has 2 atom stereocenters. The Labute approximate surface area is 246 Å². The molecule has 1 aliphatic rings. The number of alkyl halides is 2. The zero-order valence-corrected chi connectivity index (χ0v) is 23.2. The molecule has 0 aromatic heterocycles. The highest BCUT2D eigenvalue weighted by Crippen LogP contribution is 2.65. The van der Waals surface area contributed by atoms with E-state index in [0.29, 0.717) is 5.56 Å². The zero-order valence-electron chi connectivity index (χ0n) is 20.2. The Hall–Kier alpha value is -3.09. The maximum absolute atomic E-state index is 15.0. The van der Waals surface area contributed by atoms with Gasteiger partial charge in [-0.2, -0.15) is 5.26 Å². The molecule has 1 N–H and O–H groups in total. The van der Waals surface area contributed by atoms with Crippen LogP contribution < -0.4 is 5.32 Å². The number of Topliss-reactive ketones (excluding diaryl/α,β-unsaturated/α-hetero) is 2. The lowest BCUT2D eigenvalue weighted by Gasteiger charge is -2.11. The van der Waals surface area contributed by atoms with Crippen LogP contribution in [-0.2, 0) is 22.4 Å². The molecule has 0 radical (unpaired) electrons. The molecule has 1 saturated carbocycles. The van der Waals surface area contributed by atoms with Gasteiger partial charge in [0.2, 0.25) is 5.91 Å². The van der Waals surface area contributed by atoms with E-state index in [1.54, 1.807) is 6.07 Å². The number of nitrogens with one attached hydrogen (secondary N) is 1. The van der Waals surface area contributed by atoms with Crippen molar-refractivity contribution in [1.29, 1.82) is 5.26 Å². The first-order valence-electron chi connectivity index (χ1n) is 11.7. The quantitative estimate of drug-likeness (QED) is 0.198. The van der Waals surface area contributed by atoms with Gasteiger partial charge in [0, 0.05) is 35.6 Å². The summed E-state index contributed by atoms with van der Waals surface area (Å²) < 4.78 is 41.2. The molecule has 5 nitrogen and oxygen atoms in total. The second-order valence-electron chi connectivity index (χ2n) is 9.14. The minimum Gasteiger partial charge on any atom is -0.326 e. The topological polar surface area (TPSA) is 87.0 Å². The fraction of sp³-hybridized carbons (Fsp3) is 0.214. The second kappa shape index (κ2) is 11.8. The molecule has 40 heavy (non-hydrogen) atoms. The molecule has 0 heterocycles. The first-order chi connectivity index (χ1) is 18.8. The number of amides is 1. The van der Waals surface area contributed by atoms with E-state index < -0.39 is 75.9 Å². The van der Waals surface area contributed by atoms with Gasteiger partial charge in [0.05, 0.1) is 28.5 Å². The molecule has 1 fully saturated rings. The van der Waals surface area contributed by atoms with Gasteiger partial charge in [0.25, 0.3) is 0 Å². The third kappa shape index (κ3) is 6.13. The predicted octanol–water partition coefficient (Wildman–Crippen LogP) is 7.39. The van der Waals surface area contributed by atoms with Crippen LogP contribution in [0.4, 0.5) is 18.9 Å². The molecular weight excluding hydrogens is 611 g/mol. The smallest absolute Gasteiger partial charge is 0.231 e. The van der Waals surface area contributed by atoms with Crippen LogP contribution in [0.3, 0.4) is 0 Å². The maximum atomic E-state index is 15.0. The zero-order chi connectivity index (χ0) is 29.4. The fourth-order valence-corrected chi connectivity index (χ4v) is 5.61. The van der Waals surface area contributed by atoms with Gasteiger partial charge >= 0.3 is 0 Å². The highest BCUT2D eigenvalue weighted by atomic mass is 35.5. The van der Waals surface area contributed by atoms with E-state index in [1.165, 1.54) is 30.3 Å². The van der Waals surface area contributed by atoms with Gasteiger partial charge in [-0.1, -0.05) is 35.3 Å². The number of halogens is 7. The molecular formula is C28H17Cl4F3N2O3. The van der Waals surface area contributed by atoms with Crippen molar-refractivity contribution >= 4 is 69.6 Å². The van der Waals surface area contributed by atoms with E-state index >= 15 is 0 Å². The Morgan fingerprint density at radius 1 is 0.925 bits per heavy atom. The summed E-state index contributed by atoms with van der Waals surface area (Å²) in [5, 5.41) is 11.1. The van der Waals surface area contributed by atoms with Crippen molar-refractivity contribution in [3.63, 3.8) is 0 Å². The summed E-state index contributed by atoms with van der Waals surface area (Å²) in [6.45, 7) is 0. The van der Waals surface area contributed by atoms with Crippen LogP contribution in [-0.4, -0.2) is 21.8 Å². The molecule has 3 aromatic carbocycles. The first kappa shape index (κ1) is 29.9. The summed E-state index contributed by atoms with van der Waals surface area (Å²) in [6, 6.07) is 11.6. The number of carbonyl (C=O) groups is 3. The van der Waals surface area contributed by atoms with E-state index in [9.17, 15) is 27.6 Å². The highest BCUT2D eigenvalue weighted by molar-refractivity contribution is 6.53. The Morgan fingerprint density at radius 2 is 1.62 bits per heavy atom. The lowest BCUT2D eigenvalue weighted by atomic mass is 9.97.